The Morgan fingerprint density at radius 2 is 1.97 bits per heavy atom. The van der Waals surface area contributed by atoms with Crippen LogP contribution >= 0.6 is 11.3 Å². The molecule has 178 valence electrons. The van der Waals surface area contributed by atoms with Crippen LogP contribution in [0.2, 0.25) is 0 Å². The molecule has 2 fully saturated rings. The Balaban J connectivity index is 0.00000133. The largest absolute Gasteiger partial charge is 0.376 e. The normalized spacial score (nSPS) is 24.4. The van der Waals surface area contributed by atoms with Gasteiger partial charge in [0.2, 0.25) is 5.91 Å². The fraction of sp³-hybridized carbons (Fsp3) is 0.462. The number of terminal acetylenes is 1. The molecule has 2 aromatic rings. The Hall–Kier alpha value is -3.02. The molecule has 0 radical (unpaired) electrons. The number of rotatable bonds is 5. The summed E-state index contributed by atoms with van der Waals surface area (Å²) in [7, 11) is 0. The van der Waals surface area contributed by atoms with E-state index in [1.165, 1.54) is 17.7 Å². The number of ether oxygens (including phenoxy) is 1. The molecule has 7 nitrogen and oxygen atoms in total. The summed E-state index contributed by atoms with van der Waals surface area (Å²) in [6.45, 7) is 1.41. The summed E-state index contributed by atoms with van der Waals surface area (Å²) < 4.78 is 5.79. The zero-order chi connectivity index (χ0) is 23.9. The van der Waals surface area contributed by atoms with Gasteiger partial charge in [-0.25, -0.2) is 9.97 Å². The minimum Gasteiger partial charge on any atom is -0.376 e. The van der Waals surface area contributed by atoms with Crippen molar-refractivity contribution in [2.45, 2.75) is 56.7 Å². The second kappa shape index (κ2) is 11.4. The van der Waals surface area contributed by atoms with Crippen molar-refractivity contribution in [3.63, 3.8) is 0 Å². The van der Waals surface area contributed by atoms with Gasteiger partial charge in [-0.2, -0.15) is 0 Å². The summed E-state index contributed by atoms with van der Waals surface area (Å²) in [6.07, 6.45) is 23.3. The van der Waals surface area contributed by atoms with E-state index >= 15 is 0 Å². The van der Waals surface area contributed by atoms with E-state index in [1.54, 1.807) is 12.4 Å². The molecular weight excluding hydrogens is 448 g/mol. The Morgan fingerprint density at radius 1 is 1.15 bits per heavy atom. The van der Waals surface area contributed by atoms with Crippen molar-refractivity contribution >= 4 is 23.2 Å². The van der Waals surface area contributed by atoms with Gasteiger partial charge in [-0.1, -0.05) is 18.6 Å². The third-order valence-corrected chi connectivity index (χ3v) is 7.84. The number of hydrogen-bond acceptors (Lipinski definition) is 6. The predicted molar refractivity (Wildman–Crippen MR) is 132 cm³/mol. The van der Waals surface area contributed by atoms with Crippen molar-refractivity contribution in [1.29, 1.82) is 0 Å². The number of nitrogens with zero attached hydrogens (tertiary/aromatic N) is 3. The molecule has 1 N–H and O–H groups in total. The fourth-order valence-electron chi connectivity index (χ4n) is 5.05. The molecule has 4 heterocycles. The number of allylic oxidation sites excluding steroid dienone is 1. The van der Waals surface area contributed by atoms with Crippen LogP contribution in [-0.4, -0.2) is 58.0 Å². The lowest BCUT2D eigenvalue weighted by Gasteiger charge is -2.31. The van der Waals surface area contributed by atoms with Crippen LogP contribution in [0.15, 0.2) is 43.0 Å². The zero-order valence-electron chi connectivity index (χ0n) is 19.1. The summed E-state index contributed by atoms with van der Waals surface area (Å²) in [6, 6.07) is 3.30. The highest BCUT2D eigenvalue weighted by Gasteiger charge is 2.44. The van der Waals surface area contributed by atoms with Crippen LogP contribution in [0.1, 0.15) is 48.2 Å². The van der Waals surface area contributed by atoms with Gasteiger partial charge in [0.1, 0.15) is 12.4 Å². The van der Waals surface area contributed by atoms with Crippen molar-refractivity contribution in [2.24, 2.45) is 5.92 Å². The number of likely N-dealkylation sites (tertiary alicyclic amines) is 1. The molecule has 2 aliphatic heterocycles. The highest BCUT2D eigenvalue weighted by molar-refractivity contribution is 7.17. The van der Waals surface area contributed by atoms with Gasteiger partial charge in [0.15, 0.2) is 0 Å². The summed E-state index contributed by atoms with van der Waals surface area (Å²) in [4.78, 5) is 38.5. The van der Waals surface area contributed by atoms with Crippen molar-refractivity contribution in [3.8, 4) is 23.3 Å². The molecule has 5 rings (SSSR count). The van der Waals surface area contributed by atoms with Crippen molar-refractivity contribution < 1.29 is 14.3 Å². The summed E-state index contributed by atoms with van der Waals surface area (Å²) in [5, 5.41) is 3.11. The minimum absolute atomic E-state index is 0.0114. The maximum Gasteiger partial charge on any atom is 0.262 e. The quantitative estimate of drug-likeness (QED) is 0.523. The zero-order valence-corrected chi connectivity index (χ0v) is 20.0. The molecule has 0 saturated carbocycles. The van der Waals surface area contributed by atoms with Crippen LogP contribution in [0.25, 0.3) is 10.4 Å². The molecular formula is C26H30N4O3S. The number of fused-ring (bicyclic) bond motifs is 1. The summed E-state index contributed by atoms with van der Waals surface area (Å²) >= 11 is 1.39. The summed E-state index contributed by atoms with van der Waals surface area (Å²) in [5.74, 6) is -0.161. The molecule has 0 aromatic carbocycles. The Labute approximate surface area is 204 Å². The first kappa shape index (κ1) is 24.1. The van der Waals surface area contributed by atoms with Gasteiger partial charge in [-0.15, -0.1) is 24.2 Å². The van der Waals surface area contributed by atoms with E-state index in [1.807, 2.05) is 17.0 Å². The van der Waals surface area contributed by atoms with E-state index in [2.05, 4.69) is 40.3 Å². The van der Waals surface area contributed by atoms with E-state index < -0.39 is 6.04 Å². The fourth-order valence-corrected chi connectivity index (χ4v) is 5.93. The molecule has 2 aromatic heterocycles. The van der Waals surface area contributed by atoms with Crippen LogP contribution in [-0.2, 0) is 9.53 Å². The van der Waals surface area contributed by atoms with Gasteiger partial charge in [-0.05, 0) is 44.2 Å². The monoisotopic (exact) mass is 478 g/mol. The molecule has 2 unspecified atom stereocenters. The number of aromatic nitrogens is 2. The molecule has 8 heteroatoms. The van der Waals surface area contributed by atoms with Crippen LogP contribution in [0.4, 0.5) is 0 Å². The van der Waals surface area contributed by atoms with E-state index in [4.69, 9.17) is 4.74 Å². The van der Waals surface area contributed by atoms with E-state index in [0.29, 0.717) is 18.0 Å². The summed E-state index contributed by atoms with van der Waals surface area (Å²) in [5.41, 5.74) is 0.875. The first-order valence-electron chi connectivity index (χ1n) is 11.8. The van der Waals surface area contributed by atoms with E-state index in [0.717, 1.165) is 49.0 Å². The number of nitrogens with one attached hydrogen (secondary N) is 1. The standard InChI is InChI=1S/C24H28N4O3S.C2H2/c29-23(21-8-7-20(32-21)17-13-25-15-26-14-17)27-22(16-5-3-1-2-4-6-16)24(30)28-11-9-19-18(28)10-12-31-19;1-2/h3,5,7-8,13-16,18-19,22H,1-2,4,6,9-12H2,(H,27,29);1-2H/t16?,18-,19-,22?;/m1./s1. The van der Waals surface area contributed by atoms with Crippen molar-refractivity contribution in [1.82, 2.24) is 20.2 Å². The lowest BCUT2D eigenvalue weighted by atomic mass is 9.93. The maximum absolute atomic E-state index is 13.7. The van der Waals surface area contributed by atoms with Gasteiger partial charge >= 0.3 is 0 Å². The van der Waals surface area contributed by atoms with Gasteiger partial charge in [0.05, 0.1) is 17.0 Å². The Morgan fingerprint density at radius 3 is 2.79 bits per heavy atom. The number of hydrogen-bond donors (Lipinski definition) is 1. The minimum atomic E-state index is -0.554. The Bertz CT molecular complexity index is 1030. The number of carbonyl (C=O) groups is 2. The van der Waals surface area contributed by atoms with Gasteiger partial charge in [-0.3, -0.25) is 9.59 Å². The molecule has 1 aliphatic carbocycles. The first-order chi connectivity index (χ1) is 16.7. The average Bonchev–Trinajstić information content (AvgIpc) is 3.58. The third-order valence-electron chi connectivity index (χ3n) is 6.71. The lowest BCUT2D eigenvalue weighted by molar-refractivity contribution is -0.135. The SMILES string of the molecule is C#C.O=C(NC(C(=O)N1CC[C@H]2OCC[C@H]21)C1C=CCCCC1)c1ccc(-c2cncnc2)s1. The second-order valence-electron chi connectivity index (χ2n) is 8.70. The molecule has 0 spiro atoms. The van der Waals surface area contributed by atoms with Gasteiger partial charge in [0, 0.05) is 41.9 Å². The molecule has 2 saturated heterocycles. The third kappa shape index (κ3) is 5.21. The number of thiophene rings is 1. The van der Waals surface area contributed by atoms with Gasteiger partial charge in [0.25, 0.3) is 5.91 Å². The van der Waals surface area contributed by atoms with Crippen LogP contribution < -0.4 is 5.32 Å². The first-order valence-corrected chi connectivity index (χ1v) is 12.6. The molecule has 34 heavy (non-hydrogen) atoms. The maximum atomic E-state index is 13.7. The lowest BCUT2D eigenvalue weighted by Crippen LogP contribution is -2.53. The topological polar surface area (TPSA) is 84.4 Å². The molecule has 3 aliphatic rings. The van der Waals surface area contributed by atoms with Crippen LogP contribution in [0, 0.1) is 18.8 Å². The second-order valence-corrected chi connectivity index (χ2v) is 9.79. The molecule has 0 bridgehead atoms. The van der Waals surface area contributed by atoms with Crippen LogP contribution in [0.3, 0.4) is 0 Å². The molecule has 4 atom stereocenters. The van der Waals surface area contributed by atoms with Crippen LogP contribution in [0.5, 0.6) is 0 Å². The van der Waals surface area contributed by atoms with Gasteiger partial charge < -0.3 is 15.0 Å². The number of carbonyl (C=O) groups excluding carboxylic acids is 2. The highest BCUT2D eigenvalue weighted by Crippen LogP contribution is 2.32. The van der Waals surface area contributed by atoms with E-state index in [-0.39, 0.29) is 29.9 Å². The highest BCUT2D eigenvalue weighted by atomic mass is 32.1. The smallest absolute Gasteiger partial charge is 0.262 e. The molecule has 2 amide bonds. The van der Waals surface area contributed by atoms with Crippen molar-refractivity contribution in [3.05, 3.63) is 47.9 Å². The van der Waals surface area contributed by atoms with Crippen molar-refractivity contribution in [2.75, 3.05) is 13.2 Å². The number of amides is 2. The Kier molecular flexibility index (Phi) is 8.09. The predicted octanol–water partition coefficient (Wildman–Crippen LogP) is 3.69. The van der Waals surface area contributed by atoms with E-state index in [9.17, 15) is 9.59 Å². The average molecular weight is 479 g/mol.